The van der Waals surface area contributed by atoms with Crippen molar-refractivity contribution in [2.45, 2.75) is 25.8 Å². The van der Waals surface area contributed by atoms with E-state index >= 15 is 0 Å². The van der Waals surface area contributed by atoms with Crippen molar-refractivity contribution in [3.63, 3.8) is 0 Å². The maximum absolute atomic E-state index is 12.5. The van der Waals surface area contributed by atoms with E-state index in [4.69, 9.17) is 0 Å². The van der Waals surface area contributed by atoms with E-state index < -0.39 is 16.1 Å². The SMILES string of the molecule is CC(=O)NS(=O)(=O)N(c1cnn(C)c1)C1CCCN(C)C1. The molecule has 1 atom stereocenters. The van der Waals surface area contributed by atoms with Crippen LogP contribution in [0.2, 0.25) is 0 Å². The number of anilines is 1. The Morgan fingerprint density at radius 2 is 2.19 bits per heavy atom. The first-order chi connectivity index (χ1) is 9.79. The summed E-state index contributed by atoms with van der Waals surface area (Å²) in [5.74, 6) is -0.604. The third-order valence-electron chi connectivity index (χ3n) is 3.41. The van der Waals surface area contributed by atoms with Gasteiger partial charge in [0.05, 0.1) is 17.9 Å². The molecular formula is C12H21N5O3S. The van der Waals surface area contributed by atoms with Gasteiger partial charge in [0.2, 0.25) is 5.91 Å². The summed E-state index contributed by atoms with van der Waals surface area (Å²) in [6, 6.07) is -0.218. The molecule has 0 aliphatic carbocycles. The first kappa shape index (κ1) is 15.8. The topological polar surface area (TPSA) is 87.5 Å². The smallest absolute Gasteiger partial charge is 0.304 e. The third-order valence-corrected chi connectivity index (χ3v) is 4.98. The molecule has 21 heavy (non-hydrogen) atoms. The summed E-state index contributed by atoms with van der Waals surface area (Å²) in [6.45, 7) is 2.75. The maximum atomic E-state index is 12.5. The van der Waals surface area contributed by atoms with E-state index in [1.165, 1.54) is 22.1 Å². The molecule has 0 bridgehead atoms. The molecule has 1 saturated heterocycles. The van der Waals surface area contributed by atoms with Gasteiger partial charge in [-0.1, -0.05) is 0 Å². The minimum Gasteiger partial charge on any atom is -0.304 e. The zero-order valence-corrected chi connectivity index (χ0v) is 13.3. The van der Waals surface area contributed by atoms with Gasteiger partial charge >= 0.3 is 10.2 Å². The number of piperidine rings is 1. The standard InChI is InChI=1S/C12H21N5O3S/c1-10(18)14-21(19,20)17(12-7-13-16(3)9-12)11-5-4-6-15(2)8-11/h7,9,11H,4-6,8H2,1-3H3,(H,14,18). The van der Waals surface area contributed by atoms with Gasteiger partial charge in [-0.3, -0.25) is 9.48 Å². The van der Waals surface area contributed by atoms with Crippen LogP contribution in [0.5, 0.6) is 0 Å². The molecule has 118 valence electrons. The summed E-state index contributed by atoms with van der Waals surface area (Å²) in [4.78, 5) is 13.3. The second kappa shape index (κ2) is 6.02. The molecule has 1 aliphatic rings. The molecule has 0 radical (unpaired) electrons. The van der Waals surface area contributed by atoms with Crippen LogP contribution < -0.4 is 9.03 Å². The van der Waals surface area contributed by atoms with Gasteiger partial charge in [0, 0.05) is 26.7 Å². The van der Waals surface area contributed by atoms with Crippen molar-refractivity contribution in [3.8, 4) is 0 Å². The van der Waals surface area contributed by atoms with Gasteiger partial charge in [-0.05, 0) is 26.4 Å². The van der Waals surface area contributed by atoms with Gasteiger partial charge in [-0.2, -0.15) is 13.5 Å². The van der Waals surface area contributed by atoms with E-state index in [1.807, 2.05) is 11.8 Å². The van der Waals surface area contributed by atoms with E-state index in [-0.39, 0.29) is 6.04 Å². The van der Waals surface area contributed by atoms with Crippen LogP contribution in [0.1, 0.15) is 19.8 Å². The number of nitrogens with one attached hydrogen (secondary N) is 1. The van der Waals surface area contributed by atoms with Crippen molar-refractivity contribution in [2.75, 3.05) is 24.4 Å². The lowest BCUT2D eigenvalue weighted by atomic mass is 10.1. The van der Waals surface area contributed by atoms with E-state index in [0.29, 0.717) is 12.2 Å². The van der Waals surface area contributed by atoms with Crippen LogP contribution in [0.25, 0.3) is 0 Å². The van der Waals surface area contributed by atoms with Crippen LogP contribution in [0.4, 0.5) is 5.69 Å². The van der Waals surface area contributed by atoms with Gasteiger partial charge in [-0.25, -0.2) is 9.03 Å². The van der Waals surface area contributed by atoms with Crippen molar-refractivity contribution in [1.82, 2.24) is 19.4 Å². The van der Waals surface area contributed by atoms with Gasteiger partial charge in [-0.15, -0.1) is 0 Å². The molecule has 1 N–H and O–H groups in total. The van der Waals surface area contributed by atoms with Gasteiger partial charge < -0.3 is 4.90 Å². The zero-order chi connectivity index (χ0) is 15.6. The Morgan fingerprint density at radius 3 is 2.71 bits per heavy atom. The fourth-order valence-electron chi connectivity index (χ4n) is 2.63. The zero-order valence-electron chi connectivity index (χ0n) is 12.5. The first-order valence-electron chi connectivity index (χ1n) is 6.79. The normalized spacial score (nSPS) is 20.2. The summed E-state index contributed by atoms with van der Waals surface area (Å²) < 4.78 is 29.8. The molecule has 2 heterocycles. The molecule has 1 fully saturated rings. The molecule has 0 saturated carbocycles. The second-order valence-corrected chi connectivity index (χ2v) is 6.94. The Kier molecular flexibility index (Phi) is 4.52. The Morgan fingerprint density at radius 1 is 1.48 bits per heavy atom. The Hall–Kier alpha value is -1.61. The van der Waals surface area contributed by atoms with E-state index in [0.717, 1.165) is 19.4 Å². The number of aromatic nitrogens is 2. The number of carbonyl (C=O) groups excluding carboxylic acids is 1. The molecule has 9 heteroatoms. The van der Waals surface area contributed by atoms with Gasteiger partial charge in [0.25, 0.3) is 0 Å². The molecule has 1 unspecified atom stereocenters. The Labute approximate surface area is 124 Å². The average Bonchev–Trinajstić information content (AvgIpc) is 2.73. The second-order valence-electron chi connectivity index (χ2n) is 5.39. The van der Waals surface area contributed by atoms with E-state index in [1.54, 1.807) is 13.2 Å². The number of likely N-dealkylation sites (tertiary alicyclic amines) is 1. The van der Waals surface area contributed by atoms with Crippen molar-refractivity contribution in [1.29, 1.82) is 0 Å². The van der Waals surface area contributed by atoms with Crippen LogP contribution >= 0.6 is 0 Å². The highest BCUT2D eigenvalue weighted by molar-refractivity contribution is 7.91. The highest BCUT2D eigenvalue weighted by atomic mass is 32.2. The number of carbonyl (C=O) groups is 1. The molecule has 1 aromatic rings. The maximum Gasteiger partial charge on any atom is 0.326 e. The quantitative estimate of drug-likeness (QED) is 0.824. The first-order valence-corrected chi connectivity index (χ1v) is 8.23. The predicted molar refractivity (Wildman–Crippen MR) is 78.9 cm³/mol. The molecule has 1 aromatic heterocycles. The average molecular weight is 315 g/mol. The highest BCUT2D eigenvalue weighted by Gasteiger charge is 2.34. The van der Waals surface area contributed by atoms with Crippen molar-refractivity contribution >= 4 is 21.8 Å². The molecular weight excluding hydrogens is 294 g/mol. The lowest BCUT2D eigenvalue weighted by Gasteiger charge is -2.37. The lowest BCUT2D eigenvalue weighted by molar-refractivity contribution is -0.117. The predicted octanol–water partition coefficient (Wildman–Crippen LogP) is -0.298. The summed E-state index contributed by atoms with van der Waals surface area (Å²) in [5, 5.41) is 4.03. The van der Waals surface area contributed by atoms with Crippen LogP contribution in [0, 0.1) is 0 Å². The third kappa shape index (κ3) is 3.73. The molecule has 8 nitrogen and oxygen atoms in total. The summed E-state index contributed by atoms with van der Waals surface area (Å²) in [6.07, 6.45) is 4.79. The molecule has 2 rings (SSSR count). The Bertz CT molecular complexity index is 612. The minimum atomic E-state index is -3.93. The van der Waals surface area contributed by atoms with E-state index in [2.05, 4.69) is 10.00 Å². The monoisotopic (exact) mass is 315 g/mol. The van der Waals surface area contributed by atoms with Crippen LogP contribution in [0.3, 0.4) is 0 Å². The van der Waals surface area contributed by atoms with Gasteiger partial charge in [0.1, 0.15) is 0 Å². The molecule has 1 amide bonds. The number of hydrogen-bond donors (Lipinski definition) is 1. The fraction of sp³-hybridized carbons (Fsp3) is 0.667. The summed E-state index contributed by atoms with van der Waals surface area (Å²) >= 11 is 0. The number of aryl methyl sites for hydroxylation is 1. The van der Waals surface area contributed by atoms with Crippen LogP contribution in [0.15, 0.2) is 12.4 Å². The molecule has 0 aromatic carbocycles. The van der Waals surface area contributed by atoms with Crippen molar-refractivity contribution in [2.24, 2.45) is 7.05 Å². The lowest BCUT2D eigenvalue weighted by Crippen LogP contribution is -2.53. The van der Waals surface area contributed by atoms with Crippen molar-refractivity contribution in [3.05, 3.63) is 12.4 Å². The number of hydrogen-bond acceptors (Lipinski definition) is 5. The molecule has 1 aliphatic heterocycles. The number of amides is 1. The van der Waals surface area contributed by atoms with E-state index in [9.17, 15) is 13.2 Å². The highest BCUT2D eigenvalue weighted by Crippen LogP contribution is 2.24. The Balaban J connectivity index is 2.37. The number of nitrogens with zero attached hydrogens (tertiary/aromatic N) is 4. The van der Waals surface area contributed by atoms with Gasteiger partial charge in [0.15, 0.2) is 0 Å². The van der Waals surface area contributed by atoms with Crippen LogP contribution in [-0.4, -0.2) is 55.2 Å². The fourth-order valence-corrected chi connectivity index (χ4v) is 4.03. The van der Waals surface area contributed by atoms with Crippen molar-refractivity contribution < 1.29 is 13.2 Å². The molecule has 0 spiro atoms. The summed E-state index contributed by atoms with van der Waals surface area (Å²) in [7, 11) is -0.252. The number of likely N-dealkylation sites (N-methyl/N-ethyl adjacent to an activating group) is 1. The largest absolute Gasteiger partial charge is 0.326 e. The summed E-state index contributed by atoms with van der Waals surface area (Å²) in [5.41, 5.74) is 0.464. The number of rotatable bonds is 4. The van der Waals surface area contributed by atoms with Crippen LogP contribution in [-0.2, 0) is 22.1 Å². The minimum absolute atomic E-state index is 0.218.